The molecule has 2 heteroatoms. The van der Waals surface area contributed by atoms with Crippen molar-refractivity contribution in [2.75, 3.05) is 19.6 Å². The molecule has 2 nitrogen and oxygen atoms in total. The second kappa shape index (κ2) is 8.92. The maximum absolute atomic E-state index is 3.71. The lowest BCUT2D eigenvalue weighted by atomic mass is 9.92. The van der Waals surface area contributed by atoms with Gasteiger partial charge in [-0.25, -0.2) is 0 Å². The summed E-state index contributed by atoms with van der Waals surface area (Å²) < 4.78 is 0. The molecule has 1 saturated heterocycles. The first-order chi connectivity index (χ1) is 8.69. The fraction of sp³-hybridized carbons (Fsp3) is 1.00. The maximum atomic E-state index is 3.71. The molecule has 108 valence electrons. The Hall–Kier alpha value is -0.0800. The summed E-state index contributed by atoms with van der Waals surface area (Å²) in [7, 11) is 0. The molecule has 1 N–H and O–H groups in total. The van der Waals surface area contributed by atoms with E-state index in [9.17, 15) is 0 Å². The summed E-state index contributed by atoms with van der Waals surface area (Å²) >= 11 is 0. The van der Waals surface area contributed by atoms with Gasteiger partial charge >= 0.3 is 0 Å². The van der Waals surface area contributed by atoms with Gasteiger partial charge in [0.05, 0.1) is 0 Å². The lowest BCUT2D eigenvalue weighted by molar-refractivity contribution is 0.105. The highest BCUT2D eigenvalue weighted by atomic mass is 15.2. The SMILES string of the molecule is CCCCCC(C)N1CCC(NCCC)C(C)C1. The Balaban J connectivity index is 2.26. The van der Waals surface area contributed by atoms with Crippen LogP contribution < -0.4 is 5.32 Å². The van der Waals surface area contributed by atoms with E-state index in [2.05, 4.69) is 37.9 Å². The monoisotopic (exact) mass is 254 g/mol. The number of piperidine rings is 1. The largest absolute Gasteiger partial charge is 0.314 e. The van der Waals surface area contributed by atoms with Crippen LogP contribution in [0, 0.1) is 5.92 Å². The van der Waals surface area contributed by atoms with Crippen LogP contribution in [0.5, 0.6) is 0 Å². The topological polar surface area (TPSA) is 15.3 Å². The zero-order chi connectivity index (χ0) is 13.4. The minimum absolute atomic E-state index is 0.754. The van der Waals surface area contributed by atoms with Gasteiger partial charge in [0, 0.05) is 18.6 Å². The van der Waals surface area contributed by atoms with Crippen LogP contribution in [0.1, 0.15) is 66.2 Å². The molecule has 0 saturated carbocycles. The van der Waals surface area contributed by atoms with Crippen molar-refractivity contribution in [2.45, 2.75) is 78.3 Å². The van der Waals surface area contributed by atoms with E-state index in [1.165, 1.54) is 58.2 Å². The highest BCUT2D eigenvalue weighted by Gasteiger charge is 2.27. The van der Waals surface area contributed by atoms with E-state index in [-0.39, 0.29) is 0 Å². The van der Waals surface area contributed by atoms with E-state index >= 15 is 0 Å². The number of rotatable bonds is 8. The van der Waals surface area contributed by atoms with Crippen LogP contribution in [0.4, 0.5) is 0 Å². The van der Waals surface area contributed by atoms with Crippen molar-refractivity contribution in [3.05, 3.63) is 0 Å². The zero-order valence-electron chi connectivity index (χ0n) is 13.0. The van der Waals surface area contributed by atoms with Gasteiger partial charge in [0.2, 0.25) is 0 Å². The number of hydrogen-bond donors (Lipinski definition) is 1. The number of likely N-dealkylation sites (tertiary alicyclic amines) is 1. The molecule has 1 rings (SSSR count). The fourth-order valence-electron chi connectivity index (χ4n) is 3.08. The highest BCUT2D eigenvalue weighted by Crippen LogP contribution is 2.21. The van der Waals surface area contributed by atoms with E-state index in [0.29, 0.717) is 0 Å². The summed E-state index contributed by atoms with van der Waals surface area (Å²) in [5.41, 5.74) is 0. The third-order valence-electron chi connectivity index (χ3n) is 4.44. The minimum atomic E-state index is 0.754. The molecule has 1 heterocycles. The van der Waals surface area contributed by atoms with Gasteiger partial charge in [0.15, 0.2) is 0 Å². The summed E-state index contributed by atoms with van der Waals surface area (Å²) in [6.45, 7) is 13.1. The lowest BCUT2D eigenvalue weighted by Crippen LogP contribution is -2.50. The van der Waals surface area contributed by atoms with Crippen LogP contribution in [-0.4, -0.2) is 36.6 Å². The molecule has 3 atom stereocenters. The molecule has 1 aliphatic rings. The van der Waals surface area contributed by atoms with Crippen LogP contribution in [0.25, 0.3) is 0 Å². The molecule has 0 aromatic rings. The smallest absolute Gasteiger partial charge is 0.0117 e. The van der Waals surface area contributed by atoms with Crippen molar-refractivity contribution in [1.82, 2.24) is 10.2 Å². The highest BCUT2D eigenvalue weighted by molar-refractivity contribution is 4.84. The summed E-state index contributed by atoms with van der Waals surface area (Å²) in [6, 6.07) is 1.54. The van der Waals surface area contributed by atoms with Crippen molar-refractivity contribution in [1.29, 1.82) is 0 Å². The van der Waals surface area contributed by atoms with E-state index in [4.69, 9.17) is 0 Å². The first kappa shape index (κ1) is 16.0. The Kier molecular flexibility index (Phi) is 7.92. The molecule has 18 heavy (non-hydrogen) atoms. The zero-order valence-corrected chi connectivity index (χ0v) is 13.0. The second-order valence-electron chi connectivity index (χ2n) is 6.17. The summed E-state index contributed by atoms with van der Waals surface area (Å²) in [5, 5.41) is 3.71. The Bertz CT molecular complexity index is 205. The van der Waals surface area contributed by atoms with Gasteiger partial charge in [-0.1, -0.05) is 40.0 Å². The van der Waals surface area contributed by atoms with E-state index in [0.717, 1.165) is 18.0 Å². The van der Waals surface area contributed by atoms with Gasteiger partial charge in [0.1, 0.15) is 0 Å². The normalized spacial score (nSPS) is 27.3. The maximum Gasteiger partial charge on any atom is 0.0117 e. The molecule has 1 fully saturated rings. The molecule has 3 unspecified atom stereocenters. The lowest BCUT2D eigenvalue weighted by Gasteiger charge is -2.40. The molecular formula is C16H34N2. The molecule has 0 bridgehead atoms. The van der Waals surface area contributed by atoms with Gasteiger partial charge in [0.25, 0.3) is 0 Å². The van der Waals surface area contributed by atoms with Crippen LogP contribution in [0.15, 0.2) is 0 Å². The van der Waals surface area contributed by atoms with Gasteiger partial charge in [-0.3, -0.25) is 0 Å². The molecule has 0 radical (unpaired) electrons. The van der Waals surface area contributed by atoms with Gasteiger partial charge in [-0.05, 0) is 45.2 Å². The average molecular weight is 254 g/mol. The summed E-state index contributed by atoms with van der Waals surface area (Å²) in [4.78, 5) is 2.71. The first-order valence-corrected chi connectivity index (χ1v) is 8.16. The van der Waals surface area contributed by atoms with Crippen molar-refractivity contribution >= 4 is 0 Å². The molecule has 0 aromatic carbocycles. The minimum Gasteiger partial charge on any atom is -0.314 e. The Morgan fingerprint density at radius 3 is 2.61 bits per heavy atom. The quantitative estimate of drug-likeness (QED) is 0.665. The van der Waals surface area contributed by atoms with E-state index in [1.807, 2.05) is 0 Å². The third kappa shape index (κ3) is 5.27. The molecule has 0 aromatic heterocycles. The van der Waals surface area contributed by atoms with Crippen molar-refractivity contribution in [3.8, 4) is 0 Å². The number of unbranched alkanes of at least 4 members (excludes halogenated alkanes) is 2. The summed E-state index contributed by atoms with van der Waals surface area (Å²) in [5.74, 6) is 0.805. The first-order valence-electron chi connectivity index (χ1n) is 8.16. The molecule has 0 spiro atoms. The molecule has 1 aliphatic heterocycles. The van der Waals surface area contributed by atoms with Crippen molar-refractivity contribution < 1.29 is 0 Å². The second-order valence-corrected chi connectivity index (χ2v) is 6.17. The van der Waals surface area contributed by atoms with Gasteiger partial charge in [-0.15, -0.1) is 0 Å². The number of nitrogens with one attached hydrogen (secondary N) is 1. The number of hydrogen-bond acceptors (Lipinski definition) is 2. The van der Waals surface area contributed by atoms with Crippen molar-refractivity contribution in [2.24, 2.45) is 5.92 Å². The molecular weight excluding hydrogens is 220 g/mol. The fourth-order valence-corrected chi connectivity index (χ4v) is 3.08. The Morgan fingerprint density at radius 1 is 1.22 bits per heavy atom. The van der Waals surface area contributed by atoms with Crippen LogP contribution in [-0.2, 0) is 0 Å². The predicted molar refractivity (Wildman–Crippen MR) is 81.0 cm³/mol. The molecule has 0 aliphatic carbocycles. The van der Waals surface area contributed by atoms with E-state index < -0.39 is 0 Å². The standard InChI is InChI=1S/C16H34N2/c1-5-7-8-9-15(4)18-12-10-16(14(3)13-18)17-11-6-2/h14-17H,5-13H2,1-4H3. The Labute approximate surface area is 115 Å². The predicted octanol–water partition coefficient (Wildman–Crippen LogP) is 3.67. The van der Waals surface area contributed by atoms with Gasteiger partial charge < -0.3 is 10.2 Å². The van der Waals surface area contributed by atoms with Crippen LogP contribution in [0.3, 0.4) is 0 Å². The van der Waals surface area contributed by atoms with Crippen LogP contribution in [0.2, 0.25) is 0 Å². The average Bonchev–Trinajstić information content (AvgIpc) is 2.37. The summed E-state index contributed by atoms with van der Waals surface area (Å²) in [6.07, 6.45) is 8.11. The van der Waals surface area contributed by atoms with Crippen LogP contribution >= 0.6 is 0 Å². The van der Waals surface area contributed by atoms with Crippen molar-refractivity contribution in [3.63, 3.8) is 0 Å². The Morgan fingerprint density at radius 2 is 2.00 bits per heavy atom. The number of nitrogens with zero attached hydrogens (tertiary/aromatic N) is 1. The van der Waals surface area contributed by atoms with Gasteiger partial charge in [-0.2, -0.15) is 0 Å². The molecule has 0 amide bonds. The third-order valence-corrected chi connectivity index (χ3v) is 4.44. The van der Waals surface area contributed by atoms with E-state index in [1.54, 1.807) is 0 Å².